The van der Waals surface area contributed by atoms with Crippen LogP contribution in [-0.4, -0.2) is 7.05 Å². The van der Waals surface area contributed by atoms with Gasteiger partial charge in [0.15, 0.2) is 0 Å². The lowest BCUT2D eigenvalue weighted by molar-refractivity contribution is 1.17. The fourth-order valence-electron chi connectivity index (χ4n) is 1.67. The molecule has 0 heterocycles. The average molecular weight is 248 g/mol. The summed E-state index contributed by atoms with van der Waals surface area (Å²) in [7, 11) is 1.67. The SMILES string of the molecule is CN=Nc1ccc(C=CC=Cc2ccccc2)cc1. The third-order valence-electron chi connectivity index (χ3n) is 2.60. The van der Waals surface area contributed by atoms with E-state index in [-0.39, 0.29) is 0 Å². The maximum Gasteiger partial charge on any atom is 0.0852 e. The van der Waals surface area contributed by atoms with Crippen LogP contribution in [0.1, 0.15) is 11.1 Å². The van der Waals surface area contributed by atoms with Crippen molar-refractivity contribution in [3.8, 4) is 0 Å². The quantitative estimate of drug-likeness (QED) is 0.529. The van der Waals surface area contributed by atoms with Crippen LogP contribution in [0.3, 0.4) is 0 Å². The van der Waals surface area contributed by atoms with Crippen molar-refractivity contribution in [2.24, 2.45) is 10.2 Å². The predicted molar refractivity (Wildman–Crippen MR) is 81.4 cm³/mol. The van der Waals surface area contributed by atoms with Gasteiger partial charge in [0.05, 0.1) is 5.69 Å². The van der Waals surface area contributed by atoms with E-state index in [0.29, 0.717) is 0 Å². The van der Waals surface area contributed by atoms with Crippen LogP contribution in [0.5, 0.6) is 0 Å². The van der Waals surface area contributed by atoms with E-state index in [4.69, 9.17) is 0 Å². The van der Waals surface area contributed by atoms with Gasteiger partial charge in [0.25, 0.3) is 0 Å². The Kier molecular flexibility index (Phi) is 4.82. The van der Waals surface area contributed by atoms with Gasteiger partial charge in [-0.1, -0.05) is 66.8 Å². The van der Waals surface area contributed by atoms with Crippen molar-refractivity contribution >= 4 is 17.8 Å². The van der Waals surface area contributed by atoms with Gasteiger partial charge in [0.2, 0.25) is 0 Å². The van der Waals surface area contributed by atoms with Crippen LogP contribution in [0.2, 0.25) is 0 Å². The molecule has 0 saturated heterocycles. The van der Waals surface area contributed by atoms with Crippen molar-refractivity contribution in [1.82, 2.24) is 0 Å². The molecule has 0 fully saturated rings. The molecule has 0 aliphatic heterocycles. The molecule has 94 valence electrons. The standard InChI is InChI=1S/C17H16N2/c1-18-19-17-13-11-16(12-14-17)10-6-5-9-15-7-3-2-4-8-15/h2-14H,1H3. The van der Waals surface area contributed by atoms with Gasteiger partial charge >= 0.3 is 0 Å². The minimum absolute atomic E-state index is 0.875. The van der Waals surface area contributed by atoms with E-state index >= 15 is 0 Å². The Bertz CT molecular complexity index is 578. The second-order valence-corrected chi connectivity index (χ2v) is 4.02. The molecule has 2 aromatic rings. The summed E-state index contributed by atoms with van der Waals surface area (Å²) in [6.07, 6.45) is 8.21. The number of rotatable bonds is 4. The number of benzene rings is 2. The molecule has 0 amide bonds. The molecule has 0 bridgehead atoms. The molecular formula is C17H16N2. The molecule has 0 saturated carbocycles. The highest BCUT2D eigenvalue weighted by atomic mass is 15.1. The Morgan fingerprint density at radius 1 is 0.737 bits per heavy atom. The molecule has 0 unspecified atom stereocenters. The van der Waals surface area contributed by atoms with E-state index in [1.165, 1.54) is 5.56 Å². The molecule has 2 heteroatoms. The molecule has 2 rings (SSSR count). The Morgan fingerprint density at radius 3 is 1.89 bits per heavy atom. The van der Waals surface area contributed by atoms with E-state index in [1.54, 1.807) is 7.05 Å². The monoisotopic (exact) mass is 248 g/mol. The third-order valence-corrected chi connectivity index (χ3v) is 2.60. The molecule has 0 atom stereocenters. The normalized spacial score (nSPS) is 11.8. The molecule has 2 nitrogen and oxygen atoms in total. The summed E-state index contributed by atoms with van der Waals surface area (Å²) in [6, 6.07) is 18.2. The molecule has 2 aromatic carbocycles. The number of allylic oxidation sites excluding steroid dienone is 2. The van der Waals surface area contributed by atoms with Gasteiger partial charge in [-0.25, -0.2) is 0 Å². The lowest BCUT2D eigenvalue weighted by Crippen LogP contribution is -1.70. The zero-order valence-electron chi connectivity index (χ0n) is 10.9. The second kappa shape index (κ2) is 7.07. The van der Waals surface area contributed by atoms with Crippen molar-refractivity contribution in [1.29, 1.82) is 0 Å². The summed E-state index contributed by atoms with van der Waals surface area (Å²) in [5.41, 5.74) is 3.22. The molecule has 0 spiro atoms. The second-order valence-electron chi connectivity index (χ2n) is 4.02. The number of hydrogen-bond acceptors (Lipinski definition) is 2. The first-order chi connectivity index (χ1) is 9.38. The average Bonchev–Trinajstić information content (AvgIpc) is 2.47. The summed E-state index contributed by atoms with van der Waals surface area (Å²) in [6.45, 7) is 0. The highest BCUT2D eigenvalue weighted by Gasteiger charge is 1.88. The van der Waals surface area contributed by atoms with Crippen LogP contribution in [0, 0.1) is 0 Å². The van der Waals surface area contributed by atoms with E-state index in [0.717, 1.165) is 11.3 Å². The molecule has 0 aromatic heterocycles. The Balaban J connectivity index is 1.97. The molecule has 19 heavy (non-hydrogen) atoms. The molecule has 0 N–H and O–H groups in total. The van der Waals surface area contributed by atoms with Crippen molar-refractivity contribution in [3.63, 3.8) is 0 Å². The van der Waals surface area contributed by atoms with Gasteiger partial charge in [0.1, 0.15) is 0 Å². The van der Waals surface area contributed by atoms with Crippen LogP contribution >= 0.6 is 0 Å². The van der Waals surface area contributed by atoms with E-state index < -0.39 is 0 Å². The van der Waals surface area contributed by atoms with Gasteiger partial charge in [-0.15, -0.1) is 0 Å². The fourth-order valence-corrected chi connectivity index (χ4v) is 1.67. The van der Waals surface area contributed by atoms with E-state index in [9.17, 15) is 0 Å². The van der Waals surface area contributed by atoms with Crippen LogP contribution in [0.25, 0.3) is 12.2 Å². The minimum atomic E-state index is 0.875. The van der Waals surface area contributed by atoms with Crippen LogP contribution < -0.4 is 0 Å². The molecule has 0 aliphatic rings. The highest BCUT2D eigenvalue weighted by molar-refractivity contribution is 5.58. The summed E-state index contributed by atoms with van der Waals surface area (Å²) in [4.78, 5) is 0. The van der Waals surface area contributed by atoms with Crippen LogP contribution in [-0.2, 0) is 0 Å². The largest absolute Gasteiger partial charge is 0.192 e. The Hall–Kier alpha value is -2.48. The lowest BCUT2D eigenvalue weighted by Gasteiger charge is -1.93. The van der Waals surface area contributed by atoms with Gasteiger partial charge in [-0.3, -0.25) is 0 Å². The maximum atomic E-state index is 3.97. The first kappa shape index (κ1) is 13.0. The molecule has 0 aliphatic carbocycles. The Morgan fingerprint density at radius 2 is 1.32 bits per heavy atom. The first-order valence-electron chi connectivity index (χ1n) is 6.18. The van der Waals surface area contributed by atoms with Crippen molar-refractivity contribution in [2.75, 3.05) is 7.05 Å². The van der Waals surface area contributed by atoms with Gasteiger partial charge in [-0.05, 0) is 23.3 Å². The minimum Gasteiger partial charge on any atom is -0.192 e. The topological polar surface area (TPSA) is 24.7 Å². The third kappa shape index (κ3) is 4.36. The van der Waals surface area contributed by atoms with Gasteiger partial charge in [0, 0.05) is 7.05 Å². The zero-order chi connectivity index (χ0) is 13.3. The first-order valence-corrected chi connectivity index (χ1v) is 6.18. The van der Waals surface area contributed by atoms with Crippen molar-refractivity contribution in [2.45, 2.75) is 0 Å². The summed E-state index contributed by atoms with van der Waals surface area (Å²) >= 11 is 0. The van der Waals surface area contributed by atoms with Crippen molar-refractivity contribution < 1.29 is 0 Å². The smallest absolute Gasteiger partial charge is 0.0852 e. The van der Waals surface area contributed by atoms with Gasteiger partial charge < -0.3 is 0 Å². The van der Waals surface area contributed by atoms with Gasteiger partial charge in [-0.2, -0.15) is 10.2 Å². The Labute approximate surface area is 113 Å². The predicted octanol–water partition coefficient (Wildman–Crippen LogP) is 5.13. The van der Waals surface area contributed by atoms with Crippen molar-refractivity contribution in [3.05, 3.63) is 77.9 Å². The number of azo groups is 1. The number of hydrogen-bond donors (Lipinski definition) is 0. The van der Waals surface area contributed by atoms with Crippen LogP contribution in [0.4, 0.5) is 5.69 Å². The summed E-state index contributed by atoms with van der Waals surface area (Å²) < 4.78 is 0. The highest BCUT2D eigenvalue weighted by Crippen LogP contribution is 2.14. The summed E-state index contributed by atoms with van der Waals surface area (Å²) in [5.74, 6) is 0. The van der Waals surface area contributed by atoms with Crippen LogP contribution in [0.15, 0.2) is 77.0 Å². The lowest BCUT2D eigenvalue weighted by atomic mass is 10.2. The summed E-state index contributed by atoms with van der Waals surface area (Å²) in [5, 5.41) is 7.71. The molecular weight excluding hydrogens is 232 g/mol. The maximum absolute atomic E-state index is 3.97. The molecule has 0 radical (unpaired) electrons. The van der Waals surface area contributed by atoms with E-state index in [2.05, 4.69) is 34.5 Å². The number of nitrogens with zero attached hydrogens (tertiary/aromatic N) is 2. The van der Waals surface area contributed by atoms with E-state index in [1.807, 2.05) is 54.6 Å². The zero-order valence-corrected chi connectivity index (χ0v) is 10.9. The fraction of sp³-hybridized carbons (Fsp3) is 0.0588.